The van der Waals surface area contributed by atoms with E-state index in [4.69, 9.17) is 9.47 Å². The smallest absolute Gasteiger partial charge is 0.224 e. The summed E-state index contributed by atoms with van der Waals surface area (Å²) < 4.78 is 11.4. The van der Waals surface area contributed by atoms with Crippen LogP contribution in [0.1, 0.15) is 40.9 Å². The monoisotopic (exact) mass is 429 g/mol. The van der Waals surface area contributed by atoms with Gasteiger partial charge in [0.25, 0.3) is 0 Å². The first-order chi connectivity index (χ1) is 15.5. The van der Waals surface area contributed by atoms with Crippen LogP contribution in [-0.2, 0) is 4.79 Å². The molecule has 32 heavy (non-hydrogen) atoms. The molecule has 162 valence electrons. The number of carbonyl (C=O) groups is 2. The summed E-state index contributed by atoms with van der Waals surface area (Å²) in [6, 6.07) is 19.1. The van der Waals surface area contributed by atoms with Gasteiger partial charge in [0, 0.05) is 17.7 Å². The molecule has 1 amide bonds. The summed E-state index contributed by atoms with van der Waals surface area (Å²) in [5.41, 5.74) is 3.03. The third-order valence-electron chi connectivity index (χ3n) is 5.25. The SMILES string of the molecule is CCC(=O)Nc1ccc(C=C2C(=O)c3cc(O)ccc3OC2c2ccc(OC)cc2)cc1. The zero-order valence-corrected chi connectivity index (χ0v) is 17.8. The number of aromatic hydroxyl groups is 1. The molecule has 1 atom stereocenters. The number of carbonyl (C=O) groups excluding carboxylic acids is 2. The van der Waals surface area contributed by atoms with Gasteiger partial charge in [0.05, 0.1) is 12.7 Å². The summed E-state index contributed by atoms with van der Waals surface area (Å²) in [7, 11) is 1.59. The van der Waals surface area contributed by atoms with E-state index in [1.165, 1.54) is 12.1 Å². The highest BCUT2D eigenvalue weighted by molar-refractivity contribution is 6.15. The first-order valence-corrected chi connectivity index (χ1v) is 10.3. The Morgan fingerprint density at radius 2 is 1.81 bits per heavy atom. The largest absolute Gasteiger partial charge is 0.508 e. The van der Waals surface area contributed by atoms with Crippen LogP contribution in [0.3, 0.4) is 0 Å². The maximum absolute atomic E-state index is 13.4. The van der Waals surface area contributed by atoms with Crippen LogP contribution in [0.15, 0.2) is 72.3 Å². The maximum atomic E-state index is 13.4. The molecule has 0 spiro atoms. The van der Waals surface area contributed by atoms with Gasteiger partial charge in [0.2, 0.25) is 5.91 Å². The molecule has 1 aliphatic heterocycles. The van der Waals surface area contributed by atoms with Gasteiger partial charge < -0.3 is 19.9 Å². The highest BCUT2D eigenvalue weighted by Gasteiger charge is 2.33. The number of hydrogen-bond donors (Lipinski definition) is 2. The Balaban J connectivity index is 1.74. The molecule has 3 aromatic rings. The van der Waals surface area contributed by atoms with Crippen LogP contribution in [0.5, 0.6) is 17.2 Å². The van der Waals surface area contributed by atoms with Crippen LogP contribution in [-0.4, -0.2) is 23.9 Å². The Morgan fingerprint density at radius 1 is 1.09 bits per heavy atom. The number of ketones is 1. The van der Waals surface area contributed by atoms with Gasteiger partial charge in [0.15, 0.2) is 11.9 Å². The van der Waals surface area contributed by atoms with Crippen molar-refractivity contribution in [1.29, 1.82) is 0 Å². The molecule has 0 aromatic heterocycles. The third-order valence-corrected chi connectivity index (χ3v) is 5.25. The zero-order valence-electron chi connectivity index (χ0n) is 17.8. The lowest BCUT2D eigenvalue weighted by molar-refractivity contribution is -0.115. The lowest BCUT2D eigenvalue weighted by atomic mass is 9.89. The van der Waals surface area contributed by atoms with E-state index >= 15 is 0 Å². The van der Waals surface area contributed by atoms with Gasteiger partial charge in [-0.1, -0.05) is 31.2 Å². The highest BCUT2D eigenvalue weighted by atomic mass is 16.5. The van der Waals surface area contributed by atoms with E-state index in [0.717, 1.165) is 11.1 Å². The fourth-order valence-electron chi connectivity index (χ4n) is 3.52. The number of ether oxygens (including phenoxy) is 2. The lowest BCUT2D eigenvalue weighted by Gasteiger charge is -2.28. The third kappa shape index (κ3) is 4.34. The summed E-state index contributed by atoms with van der Waals surface area (Å²) in [5.74, 6) is 0.841. The van der Waals surface area contributed by atoms with Crippen molar-refractivity contribution in [2.24, 2.45) is 0 Å². The van der Waals surface area contributed by atoms with Crippen molar-refractivity contribution in [2.75, 3.05) is 12.4 Å². The van der Waals surface area contributed by atoms with Crippen LogP contribution in [0.25, 0.3) is 6.08 Å². The van der Waals surface area contributed by atoms with Crippen LogP contribution >= 0.6 is 0 Å². The molecule has 0 fully saturated rings. The summed E-state index contributed by atoms with van der Waals surface area (Å²) in [5, 5.41) is 12.7. The quantitative estimate of drug-likeness (QED) is 0.548. The summed E-state index contributed by atoms with van der Waals surface area (Å²) in [6.45, 7) is 1.79. The van der Waals surface area contributed by atoms with Crippen molar-refractivity contribution < 1.29 is 24.2 Å². The summed E-state index contributed by atoms with van der Waals surface area (Å²) >= 11 is 0. The van der Waals surface area contributed by atoms with Gasteiger partial charge in [-0.05, 0) is 59.7 Å². The number of hydrogen-bond acceptors (Lipinski definition) is 5. The normalized spacial score (nSPS) is 16.2. The molecule has 1 heterocycles. The molecule has 0 radical (unpaired) electrons. The van der Waals surface area contributed by atoms with Gasteiger partial charge in [-0.2, -0.15) is 0 Å². The molecule has 1 unspecified atom stereocenters. The van der Waals surface area contributed by atoms with E-state index in [9.17, 15) is 14.7 Å². The minimum absolute atomic E-state index is 0.000957. The number of benzene rings is 3. The van der Waals surface area contributed by atoms with Gasteiger partial charge >= 0.3 is 0 Å². The molecule has 0 saturated heterocycles. The van der Waals surface area contributed by atoms with Crippen molar-refractivity contribution in [3.63, 3.8) is 0 Å². The van der Waals surface area contributed by atoms with E-state index in [-0.39, 0.29) is 17.4 Å². The standard InChI is InChI=1S/C26H23NO5/c1-3-24(29)27-18-8-4-16(5-9-18)14-22-25(30)21-15-19(28)10-13-23(21)32-26(22)17-6-11-20(31-2)12-7-17/h4-15,26,28H,3H2,1-2H3,(H,27,29). The first kappa shape index (κ1) is 21.2. The van der Waals surface area contributed by atoms with Crippen molar-refractivity contribution in [3.05, 3.63) is 89.0 Å². The van der Waals surface area contributed by atoms with Gasteiger partial charge in [-0.25, -0.2) is 0 Å². The van der Waals surface area contributed by atoms with Crippen molar-refractivity contribution in [1.82, 2.24) is 0 Å². The Hall–Kier alpha value is -4.06. The number of phenols is 1. The average molecular weight is 429 g/mol. The van der Waals surface area contributed by atoms with Crippen LogP contribution in [0, 0.1) is 0 Å². The molecule has 2 N–H and O–H groups in total. The topological polar surface area (TPSA) is 84.9 Å². The molecular weight excluding hydrogens is 406 g/mol. The van der Waals surface area contributed by atoms with Gasteiger partial charge in [-0.15, -0.1) is 0 Å². The molecular formula is C26H23NO5. The minimum Gasteiger partial charge on any atom is -0.508 e. The molecule has 6 heteroatoms. The van der Waals surface area contributed by atoms with Crippen LogP contribution in [0.4, 0.5) is 5.69 Å². The van der Waals surface area contributed by atoms with Gasteiger partial charge in [0.1, 0.15) is 17.2 Å². The number of nitrogens with one attached hydrogen (secondary N) is 1. The van der Waals surface area contributed by atoms with Crippen molar-refractivity contribution >= 4 is 23.5 Å². The predicted molar refractivity (Wildman–Crippen MR) is 122 cm³/mol. The first-order valence-electron chi connectivity index (χ1n) is 10.3. The highest BCUT2D eigenvalue weighted by Crippen LogP contribution is 2.40. The summed E-state index contributed by atoms with van der Waals surface area (Å²) in [4.78, 5) is 25.0. The van der Waals surface area contributed by atoms with E-state index in [1.807, 2.05) is 36.4 Å². The average Bonchev–Trinajstić information content (AvgIpc) is 2.82. The second-order valence-electron chi connectivity index (χ2n) is 7.40. The molecule has 1 aliphatic rings. The zero-order chi connectivity index (χ0) is 22.7. The Bertz CT molecular complexity index is 1180. The van der Waals surface area contributed by atoms with Crippen LogP contribution < -0.4 is 14.8 Å². The molecule has 3 aromatic carbocycles. The van der Waals surface area contributed by atoms with Crippen LogP contribution in [0.2, 0.25) is 0 Å². The fraction of sp³-hybridized carbons (Fsp3) is 0.154. The molecule has 0 aliphatic carbocycles. The molecule has 6 nitrogen and oxygen atoms in total. The van der Waals surface area contributed by atoms with E-state index in [2.05, 4.69) is 5.32 Å². The number of amides is 1. The lowest BCUT2D eigenvalue weighted by Crippen LogP contribution is -2.23. The number of methoxy groups -OCH3 is 1. The predicted octanol–water partition coefficient (Wildman–Crippen LogP) is 5.15. The fourth-order valence-corrected chi connectivity index (χ4v) is 3.52. The van der Waals surface area contributed by atoms with E-state index in [0.29, 0.717) is 34.7 Å². The van der Waals surface area contributed by atoms with E-state index < -0.39 is 6.10 Å². The van der Waals surface area contributed by atoms with Crippen molar-refractivity contribution in [3.8, 4) is 17.2 Å². The number of anilines is 1. The van der Waals surface area contributed by atoms with E-state index in [1.54, 1.807) is 38.3 Å². The van der Waals surface area contributed by atoms with Crippen molar-refractivity contribution in [2.45, 2.75) is 19.4 Å². The number of fused-ring (bicyclic) bond motifs is 1. The summed E-state index contributed by atoms with van der Waals surface area (Å²) in [6.07, 6.45) is 1.55. The Labute approximate surface area is 186 Å². The van der Waals surface area contributed by atoms with Gasteiger partial charge in [-0.3, -0.25) is 9.59 Å². The number of phenolic OH excluding ortho intramolecular Hbond substituents is 1. The Kier molecular flexibility index (Phi) is 5.94. The second-order valence-corrected chi connectivity index (χ2v) is 7.40. The Morgan fingerprint density at radius 3 is 2.47 bits per heavy atom. The molecule has 0 bridgehead atoms. The number of Topliss-reactive ketones (excluding diaryl/α,β-unsaturated/α-hetero) is 1. The second kappa shape index (κ2) is 8.98. The molecule has 0 saturated carbocycles. The minimum atomic E-state index is -0.620. The number of rotatable bonds is 5. The maximum Gasteiger partial charge on any atom is 0.224 e. The molecule has 4 rings (SSSR count).